The highest BCUT2D eigenvalue weighted by molar-refractivity contribution is 7.89. The molecule has 28 heavy (non-hydrogen) atoms. The van der Waals surface area contributed by atoms with Crippen LogP contribution in [0.3, 0.4) is 0 Å². The van der Waals surface area contributed by atoms with Gasteiger partial charge in [-0.25, -0.2) is 25.4 Å². The molecule has 0 spiro atoms. The first kappa shape index (κ1) is 21.0. The molecule has 2 aromatic carbocycles. The molecule has 0 aromatic heterocycles. The summed E-state index contributed by atoms with van der Waals surface area (Å²) < 4.78 is 52.3. The fourth-order valence-corrected chi connectivity index (χ4v) is 5.19. The van der Waals surface area contributed by atoms with E-state index in [0.29, 0.717) is 11.1 Å². The zero-order valence-corrected chi connectivity index (χ0v) is 18.3. The van der Waals surface area contributed by atoms with E-state index >= 15 is 0 Å². The maximum atomic E-state index is 12.5. The standard InChI is InChI=1S/C19H21ClN2O4S2/c1-21(2)27(23,24)15-9-7-13-5-6-14-8-10-16(28(25,26)22(3)4)12-18(14)19(20)17(13)11-15/h5-12,19H,1-4H3. The van der Waals surface area contributed by atoms with Crippen LogP contribution in [0.25, 0.3) is 12.2 Å². The minimum absolute atomic E-state index is 0.135. The minimum atomic E-state index is -3.62. The van der Waals surface area contributed by atoms with Gasteiger partial charge in [-0.1, -0.05) is 24.3 Å². The predicted octanol–water partition coefficient (Wildman–Crippen LogP) is 3.00. The summed E-state index contributed by atoms with van der Waals surface area (Å²) in [6.45, 7) is 0. The molecule has 0 bridgehead atoms. The van der Waals surface area contributed by atoms with Gasteiger partial charge >= 0.3 is 0 Å². The molecule has 2 aromatic rings. The van der Waals surface area contributed by atoms with Gasteiger partial charge in [-0.15, -0.1) is 11.6 Å². The third-order valence-electron chi connectivity index (χ3n) is 4.66. The molecule has 0 saturated carbocycles. The number of rotatable bonds is 4. The zero-order chi connectivity index (χ0) is 20.9. The maximum Gasteiger partial charge on any atom is 0.242 e. The Kier molecular flexibility index (Phi) is 5.46. The van der Waals surface area contributed by atoms with Crippen LogP contribution in [0, 0.1) is 0 Å². The lowest BCUT2D eigenvalue weighted by atomic mass is 9.99. The number of alkyl halides is 1. The minimum Gasteiger partial charge on any atom is -0.207 e. The van der Waals surface area contributed by atoms with E-state index in [-0.39, 0.29) is 9.79 Å². The van der Waals surface area contributed by atoms with Crippen molar-refractivity contribution in [3.05, 3.63) is 58.7 Å². The van der Waals surface area contributed by atoms with E-state index in [0.717, 1.165) is 19.7 Å². The molecule has 3 rings (SSSR count). The first-order valence-corrected chi connectivity index (χ1v) is 11.7. The smallest absolute Gasteiger partial charge is 0.207 e. The van der Waals surface area contributed by atoms with Crippen LogP contribution in [0.15, 0.2) is 46.2 Å². The van der Waals surface area contributed by atoms with E-state index in [1.165, 1.54) is 28.2 Å². The van der Waals surface area contributed by atoms with Crippen molar-refractivity contribution in [3.63, 3.8) is 0 Å². The molecule has 0 N–H and O–H groups in total. The highest BCUT2D eigenvalue weighted by Crippen LogP contribution is 2.39. The molecule has 1 aliphatic carbocycles. The number of benzene rings is 2. The van der Waals surface area contributed by atoms with Gasteiger partial charge in [0.2, 0.25) is 20.0 Å². The summed E-state index contributed by atoms with van der Waals surface area (Å²) in [6.07, 6.45) is 3.70. The Morgan fingerprint density at radius 1 is 0.714 bits per heavy atom. The topological polar surface area (TPSA) is 74.8 Å². The van der Waals surface area contributed by atoms with Crippen LogP contribution >= 0.6 is 11.6 Å². The van der Waals surface area contributed by atoms with Gasteiger partial charge in [0.05, 0.1) is 15.2 Å². The summed E-state index contributed by atoms with van der Waals surface area (Å²) in [4.78, 5) is 0.270. The van der Waals surface area contributed by atoms with Gasteiger partial charge in [0.25, 0.3) is 0 Å². The first-order valence-electron chi connectivity index (χ1n) is 8.41. The van der Waals surface area contributed by atoms with E-state index in [4.69, 9.17) is 11.6 Å². The summed E-state index contributed by atoms with van der Waals surface area (Å²) in [5, 5.41) is -0.699. The number of nitrogens with zero attached hydrogens (tertiary/aromatic N) is 2. The largest absolute Gasteiger partial charge is 0.242 e. The molecular formula is C19H21ClN2O4S2. The van der Waals surface area contributed by atoms with Crippen LogP contribution in [0.1, 0.15) is 27.6 Å². The summed E-state index contributed by atoms with van der Waals surface area (Å²) >= 11 is 6.73. The SMILES string of the molecule is CN(C)S(=O)(=O)c1ccc2c(c1)C(Cl)c1cc(S(=O)(=O)N(C)C)ccc1C=C2. The van der Waals surface area contributed by atoms with Gasteiger partial charge < -0.3 is 0 Å². The van der Waals surface area contributed by atoms with Crippen LogP contribution in [0.2, 0.25) is 0 Å². The average molecular weight is 441 g/mol. The van der Waals surface area contributed by atoms with Crippen LogP contribution in [-0.4, -0.2) is 53.6 Å². The van der Waals surface area contributed by atoms with Crippen molar-refractivity contribution in [1.29, 1.82) is 0 Å². The Morgan fingerprint density at radius 2 is 1.07 bits per heavy atom. The third-order valence-corrected chi connectivity index (χ3v) is 8.75. The van der Waals surface area contributed by atoms with Crippen molar-refractivity contribution in [2.75, 3.05) is 28.2 Å². The van der Waals surface area contributed by atoms with E-state index in [9.17, 15) is 16.8 Å². The van der Waals surface area contributed by atoms with Crippen LogP contribution < -0.4 is 0 Å². The molecule has 0 unspecified atom stereocenters. The average Bonchev–Trinajstić information content (AvgIpc) is 2.78. The van der Waals surface area contributed by atoms with E-state index < -0.39 is 25.4 Å². The van der Waals surface area contributed by atoms with E-state index in [1.54, 1.807) is 36.4 Å². The molecule has 150 valence electrons. The summed E-state index contributed by atoms with van der Waals surface area (Å²) in [5.41, 5.74) is 2.79. The Bertz CT molecular complexity index is 1080. The van der Waals surface area contributed by atoms with Gasteiger partial charge in [0, 0.05) is 28.2 Å². The number of hydrogen-bond donors (Lipinski definition) is 0. The molecule has 0 fully saturated rings. The third kappa shape index (κ3) is 3.51. The van der Waals surface area contributed by atoms with Crippen molar-refractivity contribution in [1.82, 2.24) is 8.61 Å². The van der Waals surface area contributed by atoms with Gasteiger partial charge in [0.15, 0.2) is 0 Å². The van der Waals surface area contributed by atoms with Gasteiger partial charge in [-0.2, -0.15) is 0 Å². The Balaban J connectivity index is 2.18. The zero-order valence-electron chi connectivity index (χ0n) is 15.9. The fourth-order valence-electron chi connectivity index (χ4n) is 2.94. The summed E-state index contributed by atoms with van der Waals surface area (Å²) in [6, 6.07) is 9.60. The van der Waals surface area contributed by atoms with Crippen molar-refractivity contribution >= 4 is 43.8 Å². The monoisotopic (exact) mass is 440 g/mol. The Hall–Kier alpha value is -1.71. The fraction of sp³-hybridized carbons (Fsp3) is 0.263. The van der Waals surface area contributed by atoms with Crippen molar-refractivity contribution in [2.45, 2.75) is 15.2 Å². The second-order valence-electron chi connectivity index (χ2n) is 6.85. The number of fused-ring (bicyclic) bond motifs is 2. The van der Waals surface area contributed by atoms with Gasteiger partial charge in [-0.3, -0.25) is 0 Å². The van der Waals surface area contributed by atoms with Gasteiger partial charge in [0.1, 0.15) is 0 Å². The van der Waals surface area contributed by atoms with Crippen molar-refractivity contribution in [3.8, 4) is 0 Å². The Labute approximate surface area is 171 Å². The van der Waals surface area contributed by atoms with Gasteiger partial charge in [-0.05, 0) is 46.5 Å². The first-order chi connectivity index (χ1) is 13.0. The van der Waals surface area contributed by atoms with Crippen LogP contribution in [-0.2, 0) is 20.0 Å². The summed E-state index contributed by atoms with van der Waals surface area (Å²) in [7, 11) is -1.38. The Morgan fingerprint density at radius 3 is 1.39 bits per heavy atom. The van der Waals surface area contributed by atoms with Crippen molar-refractivity contribution < 1.29 is 16.8 Å². The lowest BCUT2D eigenvalue weighted by molar-refractivity contribution is 0.519. The number of hydrogen-bond acceptors (Lipinski definition) is 4. The predicted molar refractivity (Wildman–Crippen MR) is 111 cm³/mol. The molecule has 0 saturated heterocycles. The highest BCUT2D eigenvalue weighted by Gasteiger charge is 2.26. The number of sulfonamides is 2. The molecular weight excluding hydrogens is 420 g/mol. The molecule has 9 heteroatoms. The number of halogens is 1. The molecule has 0 heterocycles. The molecule has 0 atom stereocenters. The van der Waals surface area contributed by atoms with Crippen LogP contribution in [0.4, 0.5) is 0 Å². The summed E-state index contributed by atoms with van der Waals surface area (Å²) in [5.74, 6) is 0. The van der Waals surface area contributed by atoms with Crippen LogP contribution in [0.5, 0.6) is 0 Å². The van der Waals surface area contributed by atoms with E-state index in [2.05, 4.69) is 0 Å². The maximum absolute atomic E-state index is 12.5. The lowest BCUT2D eigenvalue weighted by Crippen LogP contribution is -2.22. The second kappa shape index (κ2) is 7.27. The molecule has 0 amide bonds. The molecule has 1 aliphatic rings. The lowest BCUT2D eigenvalue weighted by Gasteiger charge is -2.18. The van der Waals surface area contributed by atoms with Crippen molar-refractivity contribution in [2.24, 2.45) is 0 Å². The second-order valence-corrected chi connectivity index (χ2v) is 11.6. The molecule has 0 aliphatic heterocycles. The highest BCUT2D eigenvalue weighted by atomic mass is 35.5. The molecule has 0 radical (unpaired) electrons. The quantitative estimate of drug-likeness (QED) is 0.685. The molecule has 6 nitrogen and oxygen atoms in total. The normalized spacial score (nSPS) is 14.8. The van der Waals surface area contributed by atoms with E-state index in [1.807, 2.05) is 12.2 Å².